The first-order valence-corrected chi connectivity index (χ1v) is 8.95. The summed E-state index contributed by atoms with van der Waals surface area (Å²) in [6.07, 6.45) is 5.81. The number of rotatable bonds is 7. The third-order valence-corrected chi connectivity index (χ3v) is 3.97. The lowest BCUT2D eigenvalue weighted by Crippen LogP contribution is -2.11. The van der Waals surface area contributed by atoms with Crippen molar-refractivity contribution in [3.8, 4) is 17.2 Å². The van der Waals surface area contributed by atoms with Crippen LogP contribution < -0.4 is 15.1 Å². The summed E-state index contributed by atoms with van der Waals surface area (Å²) in [4.78, 5) is 24.3. The fraction of sp³-hybridized carbons (Fsp3) is 0.182. The van der Waals surface area contributed by atoms with Crippen LogP contribution in [0.5, 0.6) is 17.2 Å². The third-order valence-electron chi connectivity index (χ3n) is 3.97. The molecule has 0 fully saturated rings. The summed E-state index contributed by atoms with van der Waals surface area (Å²) in [5.74, 6) is -1.18. The van der Waals surface area contributed by atoms with E-state index in [-0.39, 0.29) is 11.3 Å². The molecule has 0 radical (unpaired) electrons. The van der Waals surface area contributed by atoms with Crippen LogP contribution in [0, 0.1) is 0 Å². The van der Waals surface area contributed by atoms with Crippen LogP contribution in [0.3, 0.4) is 0 Å². The smallest absolute Gasteiger partial charge is 0.382 e. The number of aromatic hydroxyl groups is 1. The van der Waals surface area contributed by atoms with Gasteiger partial charge in [-0.25, -0.2) is 9.59 Å². The van der Waals surface area contributed by atoms with E-state index in [1.165, 1.54) is 6.07 Å². The van der Waals surface area contributed by atoms with Crippen molar-refractivity contribution in [3.05, 3.63) is 76.7 Å². The first kappa shape index (κ1) is 19.2. The molecule has 0 bridgehead atoms. The molecule has 0 aliphatic heterocycles. The van der Waals surface area contributed by atoms with Gasteiger partial charge < -0.3 is 19.0 Å². The van der Waals surface area contributed by atoms with Gasteiger partial charge in [0.1, 0.15) is 11.3 Å². The molecule has 0 amide bonds. The molecule has 28 heavy (non-hydrogen) atoms. The van der Waals surface area contributed by atoms with Gasteiger partial charge in [0.15, 0.2) is 5.75 Å². The van der Waals surface area contributed by atoms with Crippen molar-refractivity contribution in [2.45, 2.75) is 19.8 Å². The number of carbonyl (C=O) groups excluding carboxylic acids is 1. The van der Waals surface area contributed by atoms with Gasteiger partial charge in [0.2, 0.25) is 5.75 Å². The van der Waals surface area contributed by atoms with Gasteiger partial charge in [0.25, 0.3) is 0 Å². The highest BCUT2D eigenvalue weighted by Gasteiger charge is 2.19. The molecule has 1 heterocycles. The Labute approximate surface area is 161 Å². The number of benzene rings is 2. The fourth-order valence-electron chi connectivity index (χ4n) is 2.59. The fourth-order valence-corrected chi connectivity index (χ4v) is 2.59. The summed E-state index contributed by atoms with van der Waals surface area (Å²) < 4.78 is 16.0. The summed E-state index contributed by atoms with van der Waals surface area (Å²) in [7, 11) is 0. The van der Waals surface area contributed by atoms with Crippen LogP contribution in [0.1, 0.15) is 30.1 Å². The first-order chi connectivity index (χ1) is 13.6. The molecule has 0 aliphatic carbocycles. The van der Waals surface area contributed by atoms with Gasteiger partial charge in [-0.05, 0) is 37.1 Å². The van der Waals surface area contributed by atoms with E-state index in [9.17, 15) is 14.7 Å². The maximum absolute atomic E-state index is 12.3. The Morgan fingerprint density at radius 2 is 1.93 bits per heavy atom. The van der Waals surface area contributed by atoms with Crippen LogP contribution in [-0.4, -0.2) is 17.7 Å². The van der Waals surface area contributed by atoms with Crippen molar-refractivity contribution in [3.63, 3.8) is 0 Å². The second-order valence-corrected chi connectivity index (χ2v) is 6.00. The zero-order valence-electron chi connectivity index (χ0n) is 15.4. The average Bonchev–Trinajstić information content (AvgIpc) is 2.71. The van der Waals surface area contributed by atoms with E-state index in [2.05, 4.69) is 13.0 Å². The lowest BCUT2D eigenvalue weighted by molar-refractivity contribution is 0.0731. The zero-order chi connectivity index (χ0) is 19.9. The molecular formula is C22H20O6. The number of hydrogen-bond acceptors (Lipinski definition) is 6. The lowest BCUT2D eigenvalue weighted by atomic mass is 10.2. The van der Waals surface area contributed by atoms with Crippen molar-refractivity contribution in [1.82, 2.24) is 0 Å². The molecule has 0 atom stereocenters. The molecular weight excluding hydrogens is 360 g/mol. The molecule has 0 saturated heterocycles. The van der Waals surface area contributed by atoms with E-state index < -0.39 is 17.3 Å². The Bertz CT molecular complexity index is 1050. The summed E-state index contributed by atoms with van der Waals surface area (Å²) in [6, 6.07) is 13.0. The second kappa shape index (κ2) is 8.90. The van der Waals surface area contributed by atoms with E-state index >= 15 is 0 Å². The first-order valence-electron chi connectivity index (χ1n) is 8.95. The molecule has 0 aliphatic rings. The van der Waals surface area contributed by atoms with Gasteiger partial charge in [0, 0.05) is 6.07 Å². The van der Waals surface area contributed by atoms with Gasteiger partial charge in [-0.2, -0.15) is 0 Å². The SMILES string of the molecule is CCC=CCCOc1ccc2c(OC(=O)c3ccccc3)c(O)c(=O)oc2c1. The van der Waals surface area contributed by atoms with Crippen LogP contribution in [0.4, 0.5) is 0 Å². The largest absolute Gasteiger partial charge is 0.499 e. The molecule has 0 saturated carbocycles. The minimum Gasteiger partial charge on any atom is -0.499 e. The molecule has 2 aromatic carbocycles. The maximum atomic E-state index is 12.3. The van der Waals surface area contributed by atoms with Crippen molar-refractivity contribution < 1.29 is 23.8 Å². The Kier molecular flexibility index (Phi) is 6.11. The Hall–Kier alpha value is -3.54. The predicted octanol–water partition coefficient (Wildman–Crippen LogP) is 4.45. The zero-order valence-corrected chi connectivity index (χ0v) is 15.4. The number of ether oxygens (including phenoxy) is 2. The number of allylic oxidation sites excluding steroid dienone is 1. The minimum atomic E-state index is -0.994. The number of esters is 1. The van der Waals surface area contributed by atoms with Crippen LogP contribution in [0.2, 0.25) is 0 Å². The van der Waals surface area contributed by atoms with E-state index in [4.69, 9.17) is 13.9 Å². The second-order valence-electron chi connectivity index (χ2n) is 6.00. The van der Waals surface area contributed by atoms with Crippen LogP contribution in [0.15, 0.2) is 69.9 Å². The minimum absolute atomic E-state index is 0.153. The highest BCUT2D eigenvalue weighted by Crippen LogP contribution is 2.34. The van der Waals surface area contributed by atoms with Crippen LogP contribution in [0.25, 0.3) is 11.0 Å². The Morgan fingerprint density at radius 3 is 2.68 bits per heavy atom. The number of hydrogen-bond donors (Lipinski definition) is 1. The highest BCUT2D eigenvalue weighted by molar-refractivity contribution is 5.95. The molecule has 0 spiro atoms. The monoisotopic (exact) mass is 380 g/mol. The lowest BCUT2D eigenvalue weighted by Gasteiger charge is -2.10. The normalized spacial score (nSPS) is 11.0. The molecule has 6 nitrogen and oxygen atoms in total. The van der Waals surface area contributed by atoms with Gasteiger partial charge in [-0.15, -0.1) is 0 Å². The summed E-state index contributed by atoms with van der Waals surface area (Å²) >= 11 is 0. The molecule has 1 aromatic heterocycles. The standard InChI is InChI=1S/C22H20O6/c1-2-3-4-8-13-26-16-11-12-17-18(14-16)27-22(25)19(23)20(17)28-21(24)15-9-6-5-7-10-15/h3-7,9-12,14,23H,2,8,13H2,1H3. The van der Waals surface area contributed by atoms with Crippen molar-refractivity contribution in [2.75, 3.05) is 6.61 Å². The summed E-state index contributed by atoms with van der Waals surface area (Å²) in [5.41, 5.74) is -0.546. The Morgan fingerprint density at radius 1 is 1.14 bits per heavy atom. The summed E-state index contributed by atoms with van der Waals surface area (Å²) in [5, 5.41) is 10.4. The average molecular weight is 380 g/mol. The van der Waals surface area contributed by atoms with E-state index in [1.807, 2.05) is 6.08 Å². The van der Waals surface area contributed by atoms with E-state index in [0.717, 1.165) is 12.8 Å². The molecule has 144 valence electrons. The molecule has 1 N–H and O–H groups in total. The maximum Gasteiger partial charge on any atom is 0.382 e. The van der Waals surface area contributed by atoms with Crippen molar-refractivity contribution >= 4 is 16.9 Å². The Balaban J connectivity index is 1.88. The molecule has 3 rings (SSSR count). The third kappa shape index (κ3) is 4.40. The van der Waals surface area contributed by atoms with Gasteiger partial charge in [0.05, 0.1) is 17.6 Å². The number of fused-ring (bicyclic) bond motifs is 1. The van der Waals surface area contributed by atoms with Crippen molar-refractivity contribution in [2.24, 2.45) is 0 Å². The van der Waals surface area contributed by atoms with Gasteiger partial charge >= 0.3 is 11.6 Å². The summed E-state index contributed by atoms with van der Waals surface area (Å²) in [6.45, 7) is 2.53. The topological polar surface area (TPSA) is 86.0 Å². The van der Waals surface area contributed by atoms with Gasteiger partial charge in [-0.3, -0.25) is 0 Å². The highest BCUT2D eigenvalue weighted by atomic mass is 16.5. The molecule has 3 aromatic rings. The van der Waals surface area contributed by atoms with Gasteiger partial charge in [-0.1, -0.05) is 37.3 Å². The van der Waals surface area contributed by atoms with E-state index in [1.54, 1.807) is 42.5 Å². The van der Waals surface area contributed by atoms with E-state index in [0.29, 0.717) is 23.3 Å². The molecule has 0 unspecified atom stereocenters. The predicted molar refractivity (Wildman–Crippen MR) is 105 cm³/mol. The van der Waals surface area contributed by atoms with Crippen LogP contribution >= 0.6 is 0 Å². The van der Waals surface area contributed by atoms with Crippen molar-refractivity contribution in [1.29, 1.82) is 0 Å². The molecule has 6 heteroatoms. The quantitative estimate of drug-likeness (QED) is 0.282. The van der Waals surface area contributed by atoms with Crippen LogP contribution in [-0.2, 0) is 0 Å². The number of carbonyl (C=O) groups is 1.